The van der Waals surface area contributed by atoms with E-state index in [1.54, 1.807) is 25.1 Å². The number of hydrogen-bond acceptors (Lipinski definition) is 3. The maximum atomic E-state index is 13.5. The summed E-state index contributed by atoms with van der Waals surface area (Å²) < 4.78 is 13.5. The van der Waals surface area contributed by atoms with Gasteiger partial charge in [-0.25, -0.2) is 4.39 Å². The largest absolute Gasteiger partial charge is 0.365 e. The van der Waals surface area contributed by atoms with Crippen molar-refractivity contribution in [2.24, 2.45) is 0 Å². The van der Waals surface area contributed by atoms with Crippen LogP contribution in [0.2, 0.25) is 0 Å². The van der Waals surface area contributed by atoms with Crippen molar-refractivity contribution in [2.75, 3.05) is 32.6 Å². The number of nitrogens with one attached hydrogen (secondary N) is 1. The van der Waals surface area contributed by atoms with Crippen molar-refractivity contribution < 1.29 is 9.18 Å². The molecule has 5 heteroatoms. The second-order valence-electron chi connectivity index (χ2n) is 6.52. The molecule has 0 aliphatic carbocycles. The molecule has 21 heavy (non-hydrogen) atoms. The molecular weight excluding hydrogens is 269 g/mol. The number of benzene rings is 1. The molecule has 1 rings (SSSR count). The lowest BCUT2D eigenvalue weighted by Gasteiger charge is -2.26. The summed E-state index contributed by atoms with van der Waals surface area (Å²) >= 11 is 0. The zero-order valence-electron chi connectivity index (χ0n) is 13.8. The van der Waals surface area contributed by atoms with Gasteiger partial charge in [-0.3, -0.25) is 4.79 Å². The SMILES string of the molecule is CN(C)C(=O)CN(C)c1ccc(F)cc1CNC(C)(C)C. The van der Waals surface area contributed by atoms with Crippen LogP contribution in [-0.4, -0.2) is 44.0 Å². The summed E-state index contributed by atoms with van der Waals surface area (Å²) in [6.07, 6.45) is 0. The van der Waals surface area contributed by atoms with Gasteiger partial charge < -0.3 is 15.1 Å². The molecule has 0 aliphatic rings. The second-order valence-corrected chi connectivity index (χ2v) is 6.52. The Bertz CT molecular complexity index is 495. The van der Waals surface area contributed by atoms with Crippen LogP contribution in [0.4, 0.5) is 10.1 Å². The molecule has 0 atom stereocenters. The highest BCUT2D eigenvalue weighted by Crippen LogP contribution is 2.21. The average molecular weight is 295 g/mol. The molecule has 0 saturated carbocycles. The fraction of sp³-hybridized carbons (Fsp3) is 0.562. The fourth-order valence-corrected chi connectivity index (χ4v) is 1.86. The molecule has 1 amide bonds. The maximum absolute atomic E-state index is 13.5. The van der Waals surface area contributed by atoms with Crippen LogP contribution in [0.5, 0.6) is 0 Å². The highest BCUT2D eigenvalue weighted by Gasteiger charge is 2.15. The lowest BCUT2D eigenvalue weighted by atomic mass is 10.1. The normalized spacial score (nSPS) is 11.4. The van der Waals surface area contributed by atoms with E-state index in [4.69, 9.17) is 0 Å². The standard InChI is InChI=1S/C16H26FN3O/c1-16(2,3)18-10-12-9-13(17)7-8-14(12)20(6)11-15(21)19(4)5/h7-9,18H,10-11H2,1-6H3. The van der Waals surface area contributed by atoms with Crippen LogP contribution in [0.15, 0.2) is 18.2 Å². The van der Waals surface area contributed by atoms with Crippen LogP contribution in [-0.2, 0) is 11.3 Å². The van der Waals surface area contributed by atoms with Crippen LogP contribution in [0, 0.1) is 5.82 Å². The molecule has 0 spiro atoms. The number of anilines is 1. The summed E-state index contributed by atoms with van der Waals surface area (Å²) in [4.78, 5) is 15.2. The summed E-state index contributed by atoms with van der Waals surface area (Å²) in [5, 5.41) is 3.35. The summed E-state index contributed by atoms with van der Waals surface area (Å²) in [6.45, 7) is 7.00. The van der Waals surface area contributed by atoms with Gasteiger partial charge in [-0.15, -0.1) is 0 Å². The topological polar surface area (TPSA) is 35.6 Å². The Morgan fingerprint density at radius 3 is 2.38 bits per heavy atom. The maximum Gasteiger partial charge on any atom is 0.241 e. The minimum atomic E-state index is -0.267. The highest BCUT2D eigenvalue weighted by molar-refractivity contribution is 5.81. The fourth-order valence-electron chi connectivity index (χ4n) is 1.86. The lowest BCUT2D eigenvalue weighted by molar-refractivity contribution is -0.127. The number of carbonyl (C=O) groups excluding carboxylic acids is 1. The Hall–Kier alpha value is -1.62. The Morgan fingerprint density at radius 1 is 1.24 bits per heavy atom. The minimum Gasteiger partial charge on any atom is -0.365 e. The van der Waals surface area contributed by atoms with Gasteiger partial charge >= 0.3 is 0 Å². The molecule has 0 fully saturated rings. The highest BCUT2D eigenvalue weighted by atomic mass is 19.1. The molecule has 0 heterocycles. The number of rotatable bonds is 5. The molecule has 4 nitrogen and oxygen atoms in total. The van der Waals surface area contributed by atoms with Crippen molar-refractivity contribution in [3.8, 4) is 0 Å². The van der Waals surface area contributed by atoms with Crippen LogP contribution in [0.1, 0.15) is 26.3 Å². The third kappa shape index (κ3) is 5.71. The van der Waals surface area contributed by atoms with Crippen molar-refractivity contribution in [3.05, 3.63) is 29.6 Å². The van der Waals surface area contributed by atoms with Crippen molar-refractivity contribution in [1.82, 2.24) is 10.2 Å². The van der Waals surface area contributed by atoms with Crippen molar-refractivity contribution in [1.29, 1.82) is 0 Å². The van der Waals surface area contributed by atoms with Gasteiger partial charge in [0.05, 0.1) is 6.54 Å². The van der Waals surface area contributed by atoms with E-state index >= 15 is 0 Å². The monoisotopic (exact) mass is 295 g/mol. The smallest absolute Gasteiger partial charge is 0.241 e. The summed E-state index contributed by atoms with van der Waals surface area (Å²) in [7, 11) is 5.29. The third-order valence-electron chi connectivity index (χ3n) is 3.13. The minimum absolute atomic E-state index is 0.0107. The molecule has 0 bridgehead atoms. The zero-order valence-corrected chi connectivity index (χ0v) is 13.8. The molecular formula is C16H26FN3O. The van der Waals surface area contributed by atoms with E-state index in [9.17, 15) is 9.18 Å². The zero-order chi connectivity index (χ0) is 16.2. The van der Waals surface area contributed by atoms with Crippen molar-refractivity contribution in [2.45, 2.75) is 32.9 Å². The first-order valence-corrected chi connectivity index (χ1v) is 7.05. The molecule has 1 aromatic rings. The summed E-state index contributed by atoms with van der Waals surface area (Å²) in [5.41, 5.74) is 1.66. The van der Waals surface area contributed by atoms with Gasteiger partial charge in [-0.05, 0) is 44.5 Å². The second kappa shape index (κ2) is 6.89. The predicted molar refractivity (Wildman–Crippen MR) is 85.0 cm³/mol. The van der Waals surface area contributed by atoms with Gasteiger partial charge in [-0.1, -0.05) is 0 Å². The average Bonchev–Trinajstić information content (AvgIpc) is 2.35. The van der Waals surface area contributed by atoms with Gasteiger partial charge in [0.15, 0.2) is 0 Å². The van der Waals surface area contributed by atoms with E-state index < -0.39 is 0 Å². The first kappa shape index (κ1) is 17.4. The molecule has 0 saturated heterocycles. The molecule has 0 aliphatic heterocycles. The molecule has 0 aromatic heterocycles. The van der Waals surface area contributed by atoms with Crippen LogP contribution < -0.4 is 10.2 Å². The van der Waals surface area contributed by atoms with Crippen molar-refractivity contribution >= 4 is 11.6 Å². The van der Waals surface area contributed by atoms with Gasteiger partial charge in [0.25, 0.3) is 0 Å². The van der Waals surface area contributed by atoms with Gasteiger partial charge in [-0.2, -0.15) is 0 Å². The quantitative estimate of drug-likeness (QED) is 0.905. The first-order chi connectivity index (χ1) is 9.60. The number of hydrogen-bond donors (Lipinski definition) is 1. The first-order valence-electron chi connectivity index (χ1n) is 7.05. The van der Waals surface area contributed by atoms with Crippen LogP contribution in [0.25, 0.3) is 0 Å². The van der Waals surface area contributed by atoms with E-state index in [2.05, 4.69) is 26.1 Å². The van der Waals surface area contributed by atoms with Crippen LogP contribution in [0.3, 0.4) is 0 Å². The number of carbonyl (C=O) groups is 1. The Balaban J connectivity index is 2.92. The van der Waals surface area contributed by atoms with Gasteiger partial charge in [0.2, 0.25) is 5.91 Å². The molecule has 1 N–H and O–H groups in total. The Kier molecular flexibility index (Phi) is 5.72. The number of nitrogens with zero attached hydrogens (tertiary/aromatic N) is 2. The summed E-state index contributed by atoms with van der Waals surface area (Å²) in [5.74, 6) is -0.256. The van der Waals surface area contributed by atoms with Crippen LogP contribution >= 0.6 is 0 Å². The van der Waals surface area contributed by atoms with E-state index in [0.717, 1.165) is 11.3 Å². The van der Waals surface area contributed by atoms with E-state index in [-0.39, 0.29) is 23.8 Å². The van der Waals surface area contributed by atoms with Gasteiger partial charge in [0, 0.05) is 38.9 Å². The van der Waals surface area contributed by atoms with Crippen molar-refractivity contribution in [3.63, 3.8) is 0 Å². The Labute approximate surface area is 126 Å². The number of halogens is 1. The van der Waals surface area contributed by atoms with E-state index in [1.807, 2.05) is 11.9 Å². The number of likely N-dealkylation sites (N-methyl/N-ethyl adjacent to an activating group) is 2. The Morgan fingerprint density at radius 2 is 1.86 bits per heavy atom. The molecule has 0 unspecified atom stereocenters. The van der Waals surface area contributed by atoms with E-state index in [0.29, 0.717) is 6.54 Å². The van der Waals surface area contributed by atoms with Gasteiger partial charge in [0.1, 0.15) is 5.82 Å². The molecule has 118 valence electrons. The lowest BCUT2D eigenvalue weighted by Crippen LogP contribution is -2.37. The number of amides is 1. The molecule has 1 aromatic carbocycles. The van der Waals surface area contributed by atoms with E-state index in [1.165, 1.54) is 12.1 Å². The summed E-state index contributed by atoms with van der Waals surface area (Å²) in [6, 6.07) is 4.66. The molecule has 0 radical (unpaired) electrons. The predicted octanol–water partition coefficient (Wildman–Crippen LogP) is 2.24. The third-order valence-corrected chi connectivity index (χ3v) is 3.13.